The molecular formula is C24H20ClFN2O5S. The highest BCUT2D eigenvalue weighted by Gasteiger charge is 2.30. The third-order valence-electron chi connectivity index (χ3n) is 5.26. The van der Waals surface area contributed by atoms with Gasteiger partial charge in [-0.3, -0.25) is 9.10 Å². The minimum absolute atomic E-state index is 0.0199. The monoisotopic (exact) mass is 502 g/mol. The Morgan fingerprint density at radius 3 is 2.65 bits per heavy atom. The first kappa shape index (κ1) is 23.7. The average molecular weight is 503 g/mol. The molecule has 10 heteroatoms. The van der Waals surface area contributed by atoms with E-state index < -0.39 is 34.3 Å². The van der Waals surface area contributed by atoms with E-state index in [2.05, 4.69) is 5.32 Å². The molecule has 0 bridgehead atoms. The molecular weight excluding hydrogens is 483 g/mol. The van der Waals surface area contributed by atoms with Crippen molar-refractivity contribution >= 4 is 44.9 Å². The molecule has 1 aliphatic rings. The van der Waals surface area contributed by atoms with Gasteiger partial charge in [0.25, 0.3) is 15.9 Å². The Kier molecular flexibility index (Phi) is 6.85. The van der Waals surface area contributed by atoms with Crippen LogP contribution in [0.3, 0.4) is 0 Å². The van der Waals surface area contributed by atoms with Crippen LogP contribution >= 0.6 is 11.6 Å². The fourth-order valence-corrected chi connectivity index (χ4v) is 5.43. The van der Waals surface area contributed by atoms with Crippen molar-refractivity contribution in [2.24, 2.45) is 0 Å². The van der Waals surface area contributed by atoms with Crippen molar-refractivity contribution in [1.29, 1.82) is 0 Å². The zero-order valence-corrected chi connectivity index (χ0v) is 19.4. The second-order valence-corrected chi connectivity index (χ2v) is 9.86. The molecule has 176 valence electrons. The zero-order chi connectivity index (χ0) is 24.3. The summed E-state index contributed by atoms with van der Waals surface area (Å²) in [5, 5.41) is 2.38. The van der Waals surface area contributed by atoms with E-state index in [9.17, 15) is 22.4 Å². The maximum atomic E-state index is 13.4. The molecule has 0 atom stereocenters. The van der Waals surface area contributed by atoms with Crippen molar-refractivity contribution in [3.8, 4) is 0 Å². The highest BCUT2D eigenvalue weighted by atomic mass is 35.5. The number of carbonyl (C=O) groups excluding carboxylic acids is 2. The molecule has 0 saturated carbocycles. The Bertz CT molecular complexity index is 1360. The molecule has 1 aliphatic heterocycles. The predicted molar refractivity (Wildman–Crippen MR) is 126 cm³/mol. The number of para-hydroxylation sites is 1. The summed E-state index contributed by atoms with van der Waals surface area (Å²) < 4.78 is 46.3. The average Bonchev–Trinajstić information content (AvgIpc) is 2.82. The smallest absolute Gasteiger partial charge is 0.340 e. The number of esters is 1. The molecule has 7 nitrogen and oxygen atoms in total. The Balaban J connectivity index is 1.51. The summed E-state index contributed by atoms with van der Waals surface area (Å²) >= 11 is 6.12. The molecule has 0 radical (unpaired) electrons. The fourth-order valence-electron chi connectivity index (χ4n) is 3.67. The third-order valence-corrected chi connectivity index (χ3v) is 7.39. The normalized spacial score (nSPS) is 13.2. The molecule has 0 aliphatic carbocycles. The maximum Gasteiger partial charge on any atom is 0.340 e. The number of sulfonamides is 1. The van der Waals surface area contributed by atoms with Crippen LogP contribution in [0.4, 0.5) is 15.8 Å². The van der Waals surface area contributed by atoms with Crippen LogP contribution in [0.15, 0.2) is 71.6 Å². The molecule has 3 aromatic carbocycles. The lowest BCUT2D eigenvalue weighted by molar-refractivity contribution is -0.119. The summed E-state index contributed by atoms with van der Waals surface area (Å²) in [7, 11) is -3.97. The zero-order valence-electron chi connectivity index (χ0n) is 17.8. The maximum absolute atomic E-state index is 13.4. The summed E-state index contributed by atoms with van der Waals surface area (Å²) in [6, 6.07) is 16.3. The first-order chi connectivity index (χ1) is 16.3. The van der Waals surface area contributed by atoms with Crippen molar-refractivity contribution in [3.63, 3.8) is 0 Å². The molecule has 1 heterocycles. The van der Waals surface area contributed by atoms with Crippen LogP contribution < -0.4 is 9.62 Å². The number of nitrogens with zero attached hydrogens (tertiary/aromatic N) is 1. The topological polar surface area (TPSA) is 92.8 Å². The van der Waals surface area contributed by atoms with Crippen LogP contribution in [0.25, 0.3) is 0 Å². The Morgan fingerprint density at radius 1 is 1.06 bits per heavy atom. The number of amides is 1. The molecule has 1 N–H and O–H groups in total. The SMILES string of the molecule is O=C(COC(=O)c1cc(S(=O)(=O)N2CCCc3ccccc32)ccc1Cl)Nc1cccc(F)c1. The Labute approximate surface area is 201 Å². The van der Waals surface area contributed by atoms with Gasteiger partial charge in [-0.2, -0.15) is 0 Å². The molecule has 34 heavy (non-hydrogen) atoms. The standard InChI is InChI=1S/C24H20ClFN2O5S/c25-21-11-10-19(34(31,32)28-12-4-6-16-5-1-2-9-22(16)28)14-20(21)24(30)33-15-23(29)27-18-8-3-7-17(26)13-18/h1-3,5,7-11,13-14H,4,6,12,15H2,(H,27,29). The Morgan fingerprint density at radius 2 is 1.85 bits per heavy atom. The number of anilines is 2. The van der Waals surface area contributed by atoms with E-state index in [4.69, 9.17) is 16.3 Å². The van der Waals surface area contributed by atoms with E-state index in [0.29, 0.717) is 18.7 Å². The number of aryl methyl sites for hydroxylation is 1. The van der Waals surface area contributed by atoms with Gasteiger partial charge in [0.1, 0.15) is 5.82 Å². The van der Waals surface area contributed by atoms with Gasteiger partial charge in [-0.15, -0.1) is 0 Å². The van der Waals surface area contributed by atoms with E-state index in [1.54, 1.807) is 12.1 Å². The molecule has 0 fully saturated rings. The van der Waals surface area contributed by atoms with Crippen LogP contribution in [0.5, 0.6) is 0 Å². The van der Waals surface area contributed by atoms with E-state index in [-0.39, 0.29) is 21.2 Å². The van der Waals surface area contributed by atoms with Gasteiger partial charge in [0.15, 0.2) is 6.61 Å². The van der Waals surface area contributed by atoms with E-state index in [1.165, 1.54) is 34.6 Å². The lowest BCUT2D eigenvalue weighted by Gasteiger charge is -2.30. The first-order valence-corrected chi connectivity index (χ1v) is 12.2. The number of fused-ring (bicyclic) bond motifs is 1. The quantitative estimate of drug-likeness (QED) is 0.504. The van der Waals surface area contributed by atoms with Gasteiger partial charge in [0.05, 0.1) is 21.2 Å². The van der Waals surface area contributed by atoms with Gasteiger partial charge in [0.2, 0.25) is 0 Å². The fraction of sp³-hybridized carbons (Fsp3) is 0.167. The molecule has 0 spiro atoms. The third kappa shape index (κ3) is 5.05. The first-order valence-electron chi connectivity index (χ1n) is 10.4. The van der Waals surface area contributed by atoms with Crippen LogP contribution in [0, 0.1) is 5.82 Å². The lowest BCUT2D eigenvalue weighted by atomic mass is 10.0. The van der Waals surface area contributed by atoms with Gasteiger partial charge in [-0.1, -0.05) is 35.9 Å². The number of ether oxygens (including phenoxy) is 1. The Hall–Kier alpha value is -3.43. The predicted octanol–water partition coefficient (Wildman–Crippen LogP) is 4.42. The largest absolute Gasteiger partial charge is 0.452 e. The highest BCUT2D eigenvalue weighted by Crippen LogP contribution is 2.33. The van der Waals surface area contributed by atoms with Gasteiger partial charge in [0, 0.05) is 12.2 Å². The molecule has 0 saturated heterocycles. The summed E-state index contributed by atoms with van der Waals surface area (Å²) in [5.74, 6) is -2.19. The van der Waals surface area contributed by atoms with E-state index in [0.717, 1.165) is 24.1 Å². The second kappa shape index (κ2) is 9.82. The minimum Gasteiger partial charge on any atom is -0.452 e. The summed E-state index contributed by atoms with van der Waals surface area (Å²) in [4.78, 5) is 24.5. The van der Waals surface area contributed by atoms with Gasteiger partial charge < -0.3 is 10.1 Å². The van der Waals surface area contributed by atoms with Crippen LogP contribution in [-0.2, 0) is 26.0 Å². The van der Waals surface area contributed by atoms with Crippen molar-refractivity contribution < 1.29 is 27.1 Å². The van der Waals surface area contributed by atoms with Gasteiger partial charge >= 0.3 is 5.97 Å². The molecule has 3 aromatic rings. The number of nitrogens with one attached hydrogen (secondary N) is 1. The van der Waals surface area contributed by atoms with Gasteiger partial charge in [-0.05, 0) is 60.9 Å². The molecule has 0 unspecified atom stereocenters. The van der Waals surface area contributed by atoms with Crippen LogP contribution in [0.1, 0.15) is 22.3 Å². The van der Waals surface area contributed by atoms with Crippen molar-refractivity contribution in [1.82, 2.24) is 0 Å². The highest BCUT2D eigenvalue weighted by molar-refractivity contribution is 7.92. The summed E-state index contributed by atoms with van der Waals surface area (Å²) in [6.07, 6.45) is 1.44. The number of rotatable bonds is 6. The van der Waals surface area contributed by atoms with Crippen LogP contribution in [-0.4, -0.2) is 33.4 Å². The minimum atomic E-state index is -3.97. The van der Waals surface area contributed by atoms with E-state index >= 15 is 0 Å². The van der Waals surface area contributed by atoms with Crippen molar-refractivity contribution in [2.45, 2.75) is 17.7 Å². The molecule has 1 amide bonds. The lowest BCUT2D eigenvalue weighted by Crippen LogP contribution is -2.35. The number of benzene rings is 3. The number of hydrogen-bond donors (Lipinski definition) is 1. The molecule has 4 rings (SSSR count). The van der Waals surface area contributed by atoms with Crippen molar-refractivity contribution in [3.05, 3.63) is 88.7 Å². The number of hydrogen-bond acceptors (Lipinski definition) is 5. The second-order valence-electron chi connectivity index (χ2n) is 7.59. The van der Waals surface area contributed by atoms with Gasteiger partial charge in [-0.25, -0.2) is 17.6 Å². The summed E-state index contributed by atoms with van der Waals surface area (Å²) in [5.41, 5.74) is 1.54. The number of halogens is 2. The molecule has 0 aromatic heterocycles. The van der Waals surface area contributed by atoms with E-state index in [1.807, 2.05) is 12.1 Å². The van der Waals surface area contributed by atoms with Crippen molar-refractivity contribution in [2.75, 3.05) is 22.8 Å². The number of carbonyl (C=O) groups is 2. The van der Waals surface area contributed by atoms with Crippen LogP contribution in [0.2, 0.25) is 5.02 Å². The summed E-state index contributed by atoms with van der Waals surface area (Å²) in [6.45, 7) is -0.357.